The molecule has 144 valence electrons. The molecule has 0 spiro atoms. The number of benzene rings is 2. The van der Waals surface area contributed by atoms with Gasteiger partial charge in [-0.25, -0.2) is 4.79 Å². The molecule has 1 amide bonds. The number of thioether (sulfide) groups is 1. The van der Waals surface area contributed by atoms with Crippen LogP contribution in [0.1, 0.15) is 28.4 Å². The van der Waals surface area contributed by atoms with Crippen LogP contribution in [0.2, 0.25) is 0 Å². The number of nitrogens with zero attached hydrogens (tertiary/aromatic N) is 1. The van der Waals surface area contributed by atoms with Gasteiger partial charge in [0.05, 0.1) is 17.1 Å². The third-order valence-electron chi connectivity index (χ3n) is 4.04. The van der Waals surface area contributed by atoms with Gasteiger partial charge in [-0.2, -0.15) is 0 Å². The molecule has 0 N–H and O–H groups in total. The van der Waals surface area contributed by atoms with E-state index in [1.807, 2.05) is 26.0 Å². The summed E-state index contributed by atoms with van der Waals surface area (Å²) in [5, 5.41) is 0. The summed E-state index contributed by atoms with van der Waals surface area (Å²) >= 11 is 6.40. The second kappa shape index (κ2) is 8.58. The highest BCUT2D eigenvalue weighted by Crippen LogP contribution is 2.34. The van der Waals surface area contributed by atoms with Crippen LogP contribution < -0.4 is 9.47 Å². The molecule has 0 bridgehead atoms. The third-order valence-corrected chi connectivity index (χ3v) is 5.53. The van der Waals surface area contributed by atoms with Crippen molar-refractivity contribution in [1.29, 1.82) is 0 Å². The number of ether oxygens (including phenoxy) is 2. The second-order valence-electron chi connectivity index (χ2n) is 6.14. The molecule has 1 fully saturated rings. The fourth-order valence-electron chi connectivity index (χ4n) is 2.51. The Kier molecular flexibility index (Phi) is 6.16. The fraction of sp³-hybridized carbons (Fsp3) is 0.190. The number of carbonyl (C=O) groups excluding carboxylic acids is 2. The third kappa shape index (κ3) is 4.43. The van der Waals surface area contributed by atoms with Crippen molar-refractivity contribution in [3.63, 3.8) is 0 Å². The molecular formula is C21H19NO4S2. The average molecular weight is 414 g/mol. The summed E-state index contributed by atoms with van der Waals surface area (Å²) in [5.41, 5.74) is 2.28. The maximum Gasteiger partial charge on any atom is 0.343 e. The zero-order valence-electron chi connectivity index (χ0n) is 15.7. The van der Waals surface area contributed by atoms with Gasteiger partial charge in [0.15, 0.2) is 11.5 Å². The highest BCUT2D eigenvalue weighted by atomic mass is 32.2. The lowest BCUT2D eigenvalue weighted by molar-refractivity contribution is -0.121. The summed E-state index contributed by atoms with van der Waals surface area (Å²) in [6.07, 6.45) is 1.75. The van der Waals surface area contributed by atoms with Gasteiger partial charge >= 0.3 is 5.97 Å². The van der Waals surface area contributed by atoms with Crippen LogP contribution in [0.3, 0.4) is 0 Å². The molecule has 28 heavy (non-hydrogen) atoms. The molecule has 1 heterocycles. The summed E-state index contributed by atoms with van der Waals surface area (Å²) in [7, 11) is 1.65. The van der Waals surface area contributed by atoms with Crippen LogP contribution in [0, 0.1) is 6.92 Å². The molecule has 0 saturated carbocycles. The molecule has 0 aliphatic carbocycles. The highest BCUT2D eigenvalue weighted by molar-refractivity contribution is 8.26. The van der Waals surface area contributed by atoms with E-state index < -0.39 is 5.97 Å². The smallest absolute Gasteiger partial charge is 0.343 e. The second-order valence-corrected chi connectivity index (χ2v) is 7.81. The summed E-state index contributed by atoms with van der Waals surface area (Å²) in [4.78, 5) is 26.6. The van der Waals surface area contributed by atoms with E-state index >= 15 is 0 Å². The molecule has 0 aromatic heterocycles. The molecule has 5 nitrogen and oxygen atoms in total. The van der Waals surface area contributed by atoms with E-state index in [1.165, 1.54) is 16.7 Å². The number of hydrogen-bond acceptors (Lipinski definition) is 6. The fourth-order valence-corrected chi connectivity index (χ4v) is 3.69. The SMILES string of the molecule is CCOc1cc(/C=C2/SC(=S)N(C)C2=O)ccc1OC(=O)c1ccc(C)cc1. The normalized spacial score (nSPS) is 15.2. The minimum Gasteiger partial charge on any atom is -0.490 e. The van der Waals surface area contributed by atoms with Gasteiger partial charge in [0.1, 0.15) is 4.32 Å². The minimum absolute atomic E-state index is 0.136. The summed E-state index contributed by atoms with van der Waals surface area (Å²) < 4.78 is 11.7. The number of likely N-dealkylation sites (N-methyl/N-ethyl adjacent to an activating group) is 1. The van der Waals surface area contributed by atoms with E-state index in [1.54, 1.807) is 43.5 Å². The number of carbonyl (C=O) groups is 2. The first-order valence-electron chi connectivity index (χ1n) is 8.66. The van der Waals surface area contributed by atoms with E-state index in [-0.39, 0.29) is 5.91 Å². The van der Waals surface area contributed by atoms with Gasteiger partial charge in [-0.1, -0.05) is 47.7 Å². The first-order chi connectivity index (χ1) is 13.4. The maximum atomic E-state index is 12.4. The topological polar surface area (TPSA) is 55.8 Å². The molecule has 7 heteroatoms. The highest BCUT2D eigenvalue weighted by Gasteiger charge is 2.28. The Labute approximate surface area is 173 Å². The van der Waals surface area contributed by atoms with Crippen molar-refractivity contribution in [2.75, 3.05) is 13.7 Å². The number of rotatable bonds is 5. The van der Waals surface area contributed by atoms with Crippen molar-refractivity contribution in [3.8, 4) is 11.5 Å². The molecule has 0 radical (unpaired) electrons. The van der Waals surface area contributed by atoms with Crippen molar-refractivity contribution in [1.82, 2.24) is 4.90 Å². The molecule has 1 saturated heterocycles. The zero-order valence-corrected chi connectivity index (χ0v) is 17.4. The van der Waals surface area contributed by atoms with Gasteiger partial charge in [0.2, 0.25) is 0 Å². The van der Waals surface area contributed by atoms with E-state index in [0.29, 0.717) is 32.9 Å². The Morgan fingerprint density at radius 3 is 2.50 bits per heavy atom. The molecule has 1 aliphatic rings. The monoisotopic (exact) mass is 413 g/mol. The molecule has 3 rings (SSSR count). The van der Waals surface area contributed by atoms with Gasteiger partial charge in [-0.3, -0.25) is 9.69 Å². The van der Waals surface area contributed by atoms with Crippen LogP contribution in [0.25, 0.3) is 6.08 Å². The van der Waals surface area contributed by atoms with Gasteiger partial charge in [0, 0.05) is 7.05 Å². The first kappa shape index (κ1) is 20.1. The Bertz CT molecular complexity index is 967. The Morgan fingerprint density at radius 1 is 1.18 bits per heavy atom. The average Bonchev–Trinajstić information content (AvgIpc) is 2.91. The Morgan fingerprint density at radius 2 is 1.89 bits per heavy atom. The molecular weight excluding hydrogens is 394 g/mol. The molecule has 2 aromatic rings. The number of amides is 1. The van der Waals surface area contributed by atoms with Crippen LogP contribution in [0.4, 0.5) is 0 Å². The van der Waals surface area contributed by atoms with Crippen LogP contribution >= 0.6 is 24.0 Å². The zero-order chi connectivity index (χ0) is 20.3. The molecule has 0 atom stereocenters. The van der Waals surface area contributed by atoms with Crippen molar-refractivity contribution >= 4 is 46.3 Å². The van der Waals surface area contributed by atoms with E-state index in [4.69, 9.17) is 21.7 Å². The van der Waals surface area contributed by atoms with Crippen LogP contribution in [0.15, 0.2) is 47.4 Å². The van der Waals surface area contributed by atoms with E-state index in [9.17, 15) is 9.59 Å². The quantitative estimate of drug-likeness (QED) is 0.313. The predicted molar refractivity (Wildman–Crippen MR) is 115 cm³/mol. The van der Waals surface area contributed by atoms with Crippen molar-refractivity contribution in [2.24, 2.45) is 0 Å². The minimum atomic E-state index is -0.458. The predicted octanol–water partition coefficient (Wildman–Crippen LogP) is 4.44. The molecule has 2 aromatic carbocycles. The largest absolute Gasteiger partial charge is 0.490 e. The van der Waals surface area contributed by atoms with Gasteiger partial charge in [0.25, 0.3) is 5.91 Å². The first-order valence-corrected chi connectivity index (χ1v) is 9.88. The van der Waals surface area contributed by atoms with Gasteiger partial charge in [-0.15, -0.1) is 0 Å². The molecule has 0 unspecified atom stereocenters. The lowest BCUT2D eigenvalue weighted by atomic mass is 10.1. The Balaban J connectivity index is 1.85. The van der Waals surface area contributed by atoms with Crippen LogP contribution in [0.5, 0.6) is 11.5 Å². The maximum absolute atomic E-state index is 12.4. The molecule has 1 aliphatic heterocycles. The van der Waals surface area contributed by atoms with E-state index in [2.05, 4.69) is 0 Å². The number of aryl methyl sites for hydroxylation is 1. The standard InChI is InChI=1S/C21H19NO4S2/c1-4-25-17-11-14(12-18-19(23)22(3)21(27)28-18)7-10-16(17)26-20(24)15-8-5-13(2)6-9-15/h5-12H,4H2,1-3H3/b18-12+. The van der Waals surface area contributed by atoms with Crippen LogP contribution in [-0.4, -0.2) is 34.8 Å². The van der Waals surface area contributed by atoms with Gasteiger partial charge in [-0.05, 0) is 49.8 Å². The lowest BCUT2D eigenvalue weighted by Crippen LogP contribution is -2.22. The summed E-state index contributed by atoms with van der Waals surface area (Å²) in [6, 6.07) is 12.3. The number of hydrogen-bond donors (Lipinski definition) is 0. The van der Waals surface area contributed by atoms with Crippen LogP contribution in [-0.2, 0) is 4.79 Å². The Hall–Kier alpha value is -2.64. The van der Waals surface area contributed by atoms with Crippen molar-refractivity contribution in [3.05, 3.63) is 64.1 Å². The number of thiocarbonyl (C=S) groups is 1. The van der Waals surface area contributed by atoms with Gasteiger partial charge < -0.3 is 9.47 Å². The van der Waals surface area contributed by atoms with E-state index in [0.717, 1.165) is 11.1 Å². The lowest BCUT2D eigenvalue weighted by Gasteiger charge is -2.12. The van der Waals surface area contributed by atoms with Crippen molar-refractivity contribution < 1.29 is 19.1 Å². The summed E-state index contributed by atoms with van der Waals surface area (Å²) in [6.45, 7) is 4.21. The summed E-state index contributed by atoms with van der Waals surface area (Å²) in [5.74, 6) is 0.166. The number of esters is 1. The van der Waals surface area contributed by atoms with Crippen molar-refractivity contribution in [2.45, 2.75) is 13.8 Å².